The van der Waals surface area contributed by atoms with E-state index in [-0.39, 0.29) is 11.3 Å². The summed E-state index contributed by atoms with van der Waals surface area (Å²) < 4.78 is 7.40. The van der Waals surface area contributed by atoms with Gasteiger partial charge in [0.1, 0.15) is 18.1 Å². The van der Waals surface area contributed by atoms with E-state index in [4.69, 9.17) is 4.74 Å². The van der Waals surface area contributed by atoms with Crippen molar-refractivity contribution in [3.05, 3.63) is 89.2 Å². The van der Waals surface area contributed by atoms with E-state index in [1.807, 2.05) is 28.3 Å². The third kappa shape index (κ3) is 4.36. The Morgan fingerprint density at radius 1 is 1.22 bits per heavy atom. The van der Waals surface area contributed by atoms with Crippen LogP contribution in [0, 0.1) is 0 Å². The molecule has 3 aromatic rings. The Bertz CT molecular complexity index is 1120. The van der Waals surface area contributed by atoms with Crippen LogP contribution in [0.3, 0.4) is 0 Å². The van der Waals surface area contributed by atoms with E-state index in [1.165, 1.54) is 11.3 Å². The first-order chi connectivity index (χ1) is 15.6. The Morgan fingerprint density at radius 2 is 2.03 bits per heavy atom. The minimum Gasteiger partial charge on any atom is -0.507 e. The van der Waals surface area contributed by atoms with Gasteiger partial charge in [0.2, 0.25) is 0 Å². The van der Waals surface area contributed by atoms with Crippen LogP contribution >= 0.6 is 11.3 Å². The largest absolute Gasteiger partial charge is 0.507 e. The van der Waals surface area contributed by atoms with Crippen LogP contribution in [-0.2, 0) is 16.1 Å². The van der Waals surface area contributed by atoms with Gasteiger partial charge < -0.3 is 19.3 Å². The molecule has 1 aromatic carbocycles. The Labute approximate surface area is 189 Å². The molecule has 1 N–H and O–H groups in total. The van der Waals surface area contributed by atoms with E-state index in [2.05, 4.69) is 11.6 Å². The van der Waals surface area contributed by atoms with Crippen LogP contribution in [0.1, 0.15) is 22.9 Å². The van der Waals surface area contributed by atoms with Crippen LogP contribution in [0.15, 0.2) is 78.7 Å². The number of nitrogens with zero attached hydrogens (tertiary/aromatic N) is 3. The molecule has 1 aliphatic heterocycles. The van der Waals surface area contributed by atoms with E-state index >= 15 is 0 Å². The number of aliphatic hydroxyl groups excluding tert-OH is 1. The first kappa shape index (κ1) is 21.6. The maximum Gasteiger partial charge on any atom is 0.295 e. The highest BCUT2D eigenvalue weighted by molar-refractivity contribution is 7.10. The van der Waals surface area contributed by atoms with Crippen molar-refractivity contribution in [2.24, 2.45) is 0 Å². The molecule has 32 heavy (non-hydrogen) atoms. The van der Waals surface area contributed by atoms with Crippen LogP contribution < -0.4 is 4.74 Å². The van der Waals surface area contributed by atoms with Gasteiger partial charge in [-0.05, 0) is 42.1 Å². The van der Waals surface area contributed by atoms with Crippen molar-refractivity contribution >= 4 is 28.8 Å². The van der Waals surface area contributed by atoms with Gasteiger partial charge in [0.05, 0.1) is 17.9 Å². The number of Topliss-reactive ketones (excluding diaryl/α,β-unsaturated/α-hetero) is 1. The molecule has 8 heteroatoms. The molecule has 7 nitrogen and oxygen atoms in total. The fourth-order valence-corrected chi connectivity index (χ4v) is 4.56. The summed E-state index contributed by atoms with van der Waals surface area (Å²) in [6.45, 7) is 5.04. The fourth-order valence-electron chi connectivity index (χ4n) is 3.72. The zero-order valence-corrected chi connectivity index (χ0v) is 18.2. The number of imidazole rings is 1. The van der Waals surface area contributed by atoms with Crippen molar-refractivity contribution in [3.63, 3.8) is 0 Å². The number of aryl methyl sites for hydroxylation is 1. The summed E-state index contributed by atoms with van der Waals surface area (Å²) in [6, 6.07) is 9.90. The zero-order chi connectivity index (χ0) is 22.5. The van der Waals surface area contributed by atoms with Crippen molar-refractivity contribution in [3.8, 4) is 5.75 Å². The first-order valence-corrected chi connectivity index (χ1v) is 11.1. The summed E-state index contributed by atoms with van der Waals surface area (Å²) in [5.41, 5.74) is 0.564. The lowest BCUT2D eigenvalue weighted by molar-refractivity contribution is -0.139. The summed E-state index contributed by atoms with van der Waals surface area (Å²) in [5.74, 6) is -0.831. The number of aromatic nitrogens is 2. The highest BCUT2D eigenvalue weighted by Gasteiger charge is 2.46. The number of carbonyl (C=O) groups excluding carboxylic acids is 2. The minimum atomic E-state index is -0.671. The summed E-state index contributed by atoms with van der Waals surface area (Å²) in [6.07, 6.45) is 7.57. The molecule has 1 atom stereocenters. The monoisotopic (exact) mass is 449 g/mol. The standard InChI is InChI=1S/C24H23N3O4S/c1-2-14-31-18-8-6-17(7-9-18)22(28)20-21(19-5-3-15-32-19)27(24(30)23(20)29)12-4-11-26-13-10-25-16-26/h2-3,5-10,13,15-16,21,28H,1,4,11-12,14H2/b22-20+/t21-/m0/s1. The molecule has 0 spiro atoms. The summed E-state index contributed by atoms with van der Waals surface area (Å²) in [7, 11) is 0. The molecule has 0 unspecified atom stereocenters. The molecule has 1 amide bonds. The molecule has 4 rings (SSSR count). The van der Waals surface area contributed by atoms with Gasteiger partial charge in [-0.1, -0.05) is 18.7 Å². The molecule has 0 bridgehead atoms. The quantitative estimate of drug-likeness (QED) is 0.231. The number of rotatable bonds is 9. The summed E-state index contributed by atoms with van der Waals surface area (Å²) in [5, 5.41) is 12.9. The van der Waals surface area contributed by atoms with Crippen LogP contribution in [0.4, 0.5) is 0 Å². The molecule has 1 aliphatic rings. The average Bonchev–Trinajstić information content (AvgIpc) is 3.56. The lowest BCUT2D eigenvalue weighted by Gasteiger charge is -2.24. The smallest absolute Gasteiger partial charge is 0.295 e. The van der Waals surface area contributed by atoms with Crippen molar-refractivity contribution in [1.82, 2.24) is 14.5 Å². The molecule has 0 aliphatic carbocycles. The number of ether oxygens (including phenoxy) is 1. The number of ketones is 1. The van der Waals surface area contributed by atoms with Crippen molar-refractivity contribution in [2.75, 3.05) is 13.2 Å². The minimum absolute atomic E-state index is 0.111. The lowest BCUT2D eigenvalue weighted by Crippen LogP contribution is -2.31. The normalized spacial score (nSPS) is 17.6. The lowest BCUT2D eigenvalue weighted by atomic mass is 10.00. The van der Waals surface area contributed by atoms with Gasteiger partial charge in [-0.15, -0.1) is 11.3 Å². The van der Waals surface area contributed by atoms with E-state index in [0.29, 0.717) is 37.4 Å². The van der Waals surface area contributed by atoms with Gasteiger partial charge in [0.25, 0.3) is 11.7 Å². The second-order valence-corrected chi connectivity index (χ2v) is 8.27. The number of aliphatic hydroxyl groups is 1. The topological polar surface area (TPSA) is 84.7 Å². The van der Waals surface area contributed by atoms with Crippen molar-refractivity contribution < 1.29 is 19.4 Å². The van der Waals surface area contributed by atoms with Gasteiger partial charge in [0.15, 0.2) is 0 Å². The predicted molar refractivity (Wildman–Crippen MR) is 122 cm³/mol. The van der Waals surface area contributed by atoms with E-state index in [0.717, 1.165) is 4.88 Å². The van der Waals surface area contributed by atoms with E-state index < -0.39 is 17.7 Å². The number of thiophene rings is 1. The molecule has 2 aromatic heterocycles. The van der Waals surface area contributed by atoms with Crippen molar-refractivity contribution in [2.45, 2.75) is 19.0 Å². The second-order valence-electron chi connectivity index (χ2n) is 7.29. The third-order valence-electron chi connectivity index (χ3n) is 5.22. The van der Waals surface area contributed by atoms with Gasteiger partial charge in [-0.2, -0.15) is 0 Å². The number of likely N-dealkylation sites (tertiary alicyclic amines) is 1. The molecule has 1 saturated heterocycles. The number of amides is 1. The maximum absolute atomic E-state index is 13.0. The van der Waals surface area contributed by atoms with Crippen LogP contribution in [0.2, 0.25) is 0 Å². The van der Waals surface area contributed by atoms with Gasteiger partial charge in [-0.25, -0.2) is 4.98 Å². The Hall–Kier alpha value is -3.65. The van der Waals surface area contributed by atoms with Gasteiger partial charge in [0, 0.05) is 35.9 Å². The fraction of sp³-hybridized carbons (Fsp3) is 0.208. The Kier molecular flexibility index (Phi) is 6.51. The first-order valence-electron chi connectivity index (χ1n) is 10.2. The molecule has 1 fully saturated rings. The van der Waals surface area contributed by atoms with E-state index in [9.17, 15) is 14.7 Å². The van der Waals surface area contributed by atoms with Crippen molar-refractivity contribution in [1.29, 1.82) is 0 Å². The molecule has 0 radical (unpaired) electrons. The molecule has 164 valence electrons. The highest BCUT2D eigenvalue weighted by Crippen LogP contribution is 2.41. The van der Waals surface area contributed by atoms with Crippen LogP contribution in [-0.4, -0.2) is 44.4 Å². The predicted octanol–water partition coefficient (Wildman–Crippen LogP) is 4.02. The number of benzene rings is 1. The van der Waals surface area contributed by atoms with E-state index in [1.54, 1.807) is 47.8 Å². The molecule has 0 saturated carbocycles. The number of carbonyl (C=O) groups is 2. The van der Waals surface area contributed by atoms with Crippen LogP contribution in [0.25, 0.3) is 5.76 Å². The number of hydrogen-bond donors (Lipinski definition) is 1. The summed E-state index contributed by atoms with van der Waals surface area (Å²) >= 11 is 1.45. The number of hydrogen-bond acceptors (Lipinski definition) is 6. The third-order valence-corrected chi connectivity index (χ3v) is 6.15. The van der Waals surface area contributed by atoms with Gasteiger partial charge in [-0.3, -0.25) is 9.59 Å². The van der Waals surface area contributed by atoms with Gasteiger partial charge >= 0.3 is 0 Å². The molecule has 3 heterocycles. The zero-order valence-electron chi connectivity index (χ0n) is 17.4. The average molecular weight is 450 g/mol. The molecular formula is C24H23N3O4S. The Balaban J connectivity index is 1.64. The van der Waals surface area contributed by atoms with Crippen LogP contribution in [0.5, 0.6) is 5.75 Å². The summed E-state index contributed by atoms with van der Waals surface area (Å²) in [4.78, 5) is 32.3. The SMILES string of the molecule is C=CCOc1ccc(/C(O)=C2\C(=O)C(=O)N(CCCn3ccnc3)[C@H]2c2cccs2)cc1. The Morgan fingerprint density at radius 3 is 2.69 bits per heavy atom. The maximum atomic E-state index is 13.0. The second kappa shape index (κ2) is 9.65. The highest BCUT2D eigenvalue weighted by atomic mass is 32.1. The molecular weight excluding hydrogens is 426 g/mol.